The normalized spacial score (nSPS) is 15.9. The topological polar surface area (TPSA) is 70.7 Å². The molecule has 0 amide bonds. The first-order chi connectivity index (χ1) is 10.9. The molecule has 0 unspecified atom stereocenters. The molecule has 1 aromatic rings. The number of thiocarbonyl (C=S) groups is 1. The zero-order valence-corrected chi connectivity index (χ0v) is 14.8. The zero-order chi connectivity index (χ0) is 16.9. The lowest BCUT2D eigenvalue weighted by Crippen LogP contribution is -2.40. The Morgan fingerprint density at radius 1 is 1.43 bits per heavy atom. The van der Waals surface area contributed by atoms with Crippen LogP contribution < -0.4 is 10.6 Å². The minimum atomic E-state index is -3.58. The summed E-state index contributed by atoms with van der Waals surface area (Å²) < 4.78 is 31.9. The largest absolute Gasteiger partial charge is 0.379 e. The molecule has 1 heterocycles. The molecule has 1 saturated heterocycles. The van der Waals surface area contributed by atoms with Crippen molar-refractivity contribution in [1.82, 2.24) is 9.62 Å². The van der Waals surface area contributed by atoms with Crippen molar-refractivity contribution in [3.05, 3.63) is 35.9 Å². The van der Waals surface area contributed by atoms with E-state index in [4.69, 9.17) is 28.6 Å². The molecule has 1 aliphatic heterocycles. The Labute approximate surface area is 146 Å². The molecule has 2 N–H and O–H groups in total. The Bertz CT molecular complexity index is 689. The predicted octanol–water partition coefficient (Wildman–Crippen LogP) is 1.83. The minimum Gasteiger partial charge on any atom is -0.379 e. The molecule has 1 aromatic carbocycles. The van der Waals surface area contributed by atoms with Crippen LogP contribution in [0.2, 0.25) is 5.02 Å². The standard InChI is InChI=1S/C14H18ClN3O3S2/c1-2-5-16-14(22)17-13-10-11(3-4-12(13)15)23(19,20)18-6-8-21-9-7-18/h2-4,10H,1,5-9H2,(H2,16,17,22). The fraction of sp³-hybridized carbons (Fsp3) is 0.357. The van der Waals surface area contributed by atoms with Crippen LogP contribution in [-0.2, 0) is 14.8 Å². The average Bonchev–Trinajstić information content (AvgIpc) is 2.55. The number of hydrogen-bond donors (Lipinski definition) is 2. The minimum absolute atomic E-state index is 0.165. The van der Waals surface area contributed by atoms with Gasteiger partial charge in [0, 0.05) is 19.6 Å². The Kier molecular flexibility index (Phi) is 6.37. The summed E-state index contributed by atoms with van der Waals surface area (Å²) in [6.07, 6.45) is 1.66. The Hall–Kier alpha value is -1.19. The molecule has 126 valence electrons. The van der Waals surface area contributed by atoms with Gasteiger partial charge in [-0.3, -0.25) is 0 Å². The maximum Gasteiger partial charge on any atom is 0.243 e. The number of halogens is 1. The van der Waals surface area contributed by atoms with Gasteiger partial charge in [-0.1, -0.05) is 17.7 Å². The summed E-state index contributed by atoms with van der Waals surface area (Å²) in [5.41, 5.74) is 0.433. The number of nitrogens with zero attached hydrogens (tertiary/aromatic N) is 1. The molecule has 0 saturated carbocycles. The number of morpholine rings is 1. The van der Waals surface area contributed by atoms with Crippen LogP contribution in [0.25, 0.3) is 0 Å². The molecule has 0 aromatic heterocycles. The van der Waals surface area contributed by atoms with Crippen molar-refractivity contribution in [3.8, 4) is 0 Å². The molecular formula is C14H18ClN3O3S2. The van der Waals surface area contributed by atoms with Gasteiger partial charge in [0.1, 0.15) is 0 Å². The van der Waals surface area contributed by atoms with Crippen molar-refractivity contribution < 1.29 is 13.2 Å². The summed E-state index contributed by atoms with van der Waals surface area (Å²) >= 11 is 11.2. The van der Waals surface area contributed by atoms with E-state index in [2.05, 4.69) is 17.2 Å². The summed E-state index contributed by atoms with van der Waals surface area (Å²) in [5, 5.41) is 6.51. The molecule has 0 radical (unpaired) electrons. The molecule has 6 nitrogen and oxygen atoms in total. The highest BCUT2D eigenvalue weighted by molar-refractivity contribution is 7.89. The lowest BCUT2D eigenvalue weighted by molar-refractivity contribution is 0.0730. The number of ether oxygens (including phenoxy) is 1. The van der Waals surface area contributed by atoms with Gasteiger partial charge >= 0.3 is 0 Å². The van der Waals surface area contributed by atoms with Crippen LogP contribution in [0, 0.1) is 0 Å². The first-order valence-electron chi connectivity index (χ1n) is 6.98. The fourth-order valence-electron chi connectivity index (χ4n) is 2.03. The van der Waals surface area contributed by atoms with E-state index in [1.54, 1.807) is 6.08 Å². The summed E-state index contributed by atoms with van der Waals surface area (Å²) in [4.78, 5) is 0.165. The fourth-order valence-corrected chi connectivity index (χ4v) is 3.82. The van der Waals surface area contributed by atoms with Crippen LogP contribution in [0.15, 0.2) is 35.7 Å². The summed E-state index contributed by atoms with van der Waals surface area (Å²) in [6, 6.07) is 4.50. The first-order valence-corrected chi connectivity index (χ1v) is 9.21. The second kappa shape index (κ2) is 8.07. The Morgan fingerprint density at radius 2 is 2.13 bits per heavy atom. The predicted molar refractivity (Wildman–Crippen MR) is 95.5 cm³/mol. The summed E-state index contributed by atoms with van der Waals surface area (Å²) in [6.45, 7) is 5.55. The van der Waals surface area contributed by atoms with Crippen molar-refractivity contribution in [2.45, 2.75) is 4.90 Å². The van der Waals surface area contributed by atoms with Gasteiger partial charge in [0.15, 0.2) is 5.11 Å². The monoisotopic (exact) mass is 375 g/mol. The summed E-state index contributed by atoms with van der Waals surface area (Å²) in [7, 11) is -3.58. The average molecular weight is 376 g/mol. The van der Waals surface area contributed by atoms with Crippen LogP contribution >= 0.6 is 23.8 Å². The van der Waals surface area contributed by atoms with Gasteiger partial charge in [-0.15, -0.1) is 6.58 Å². The molecular weight excluding hydrogens is 358 g/mol. The molecule has 1 aliphatic rings. The highest BCUT2D eigenvalue weighted by Gasteiger charge is 2.26. The zero-order valence-electron chi connectivity index (χ0n) is 12.4. The van der Waals surface area contributed by atoms with E-state index >= 15 is 0 Å². The van der Waals surface area contributed by atoms with Crippen molar-refractivity contribution >= 4 is 44.6 Å². The van der Waals surface area contributed by atoms with Crippen LogP contribution in [-0.4, -0.2) is 50.7 Å². The third-order valence-corrected chi connectivity index (χ3v) is 5.67. The van der Waals surface area contributed by atoms with Crippen LogP contribution in [0.5, 0.6) is 0 Å². The van der Waals surface area contributed by atoms with Gasteiger partial charge < -0.3 is 15.4 Å². The molecule has 0 atom stereocenters. The van der Waals surface area contributed by atoms with E-state index in [0.717, 1.165) is 0 Å². The van der Waals surface area contributed by atoms with Gasteiger partial charge in [0.05, 0.1) is 28.8 Å². The molecule has 1 fully saturated rings. The smallest absolute Gasteiger partial charge is 0.243 e. The van der Waals surface area contributed by atoms with Gasteiger partial charge in [-0.2, -0.15) is 4.31 Å². The molecule has 2 rings (SSSR count). The van der Waals surface area contributed by atoms with E-state index in [9.17, 15) is 8.42 Å². The number of benzene rings is 1. The van der Waals surface area contributed by atoms with Crippen LogP contribution in [0.4, 0.5) is 5.69 Å². The first kappa shape index (κ1) is 18.2. The number of anilines is 1. The van der Waals surface area contributed by atoms with Crippen LogP contribution in [0.3, 0.4) is 0 Å². The molecule has 0 spiro atoms. The van der Waals surface area contributed by atoms with Crippen LogP contribution in [0.1, 0.15) is 0 Å². The number of nitrogens with one attached hydrogen (secondary N) is 2. The second-order valence-corrected chi connectivity index (χ2v) is 7.54. The van der Waals surface area contributed by atoms with Crippen molar-refractivity contribution in [1.29, 1.82) is 0 Å². The highest BCUT2D eigenvalue weighted by atomic mass is 35.5. The van der Waals surface area contributed by atoms with Crippen molar-refractivity contribution in [2.75, 3.05) is 38.2 Å². The maximum atomic E-state index is 12.6. The third-order valence-electron chi connectivity index (χ3n) is 3.20. The second-order valence-electron chi connectivity index (χ2n) is 4.78. The molecule has 0 aliphatic carbocycles. The number of sulfonamides is 1. The third kappa shape index (κ3) is 4.65. The quantitative estimate of drug-likeness (QED) is 0.604. The Balaban J connectivity index is 2.21. The van der Waals surface area contributed by atoms with E-state index in [-0.39, 0.29) is 4.90 Å². The van der Waals surface area contributed by atoms with Gasteiger partial charge in [0.2, 0.25) is 10.0 Å². The van der Waals surface area contributed by atoms with Gasteiger partial charge in [0.25, 0.3) is 0 Å². The van der Waals surface area contributed by atoms with E-state index in [1.165, 1.54) is 22.5 Å². The lowest BCUT2D eigenvalue weighted by atomic mass is 10.3. The Morgan fingerprint density at radius 3 is 2.78 bits per heavy atom. The van der Waals surface area contributed by atoms with E-state index in [0.29, 0.717) is 48.7 Å². The molecule has 23 heavy (non-hydrogen) atoms. The highest BCUT2D eigenvalue weighted by Crippen LogP contribution is 2.27. The maximum absolute atomic E-state index is 12.6. The lowest BCUT2D eigenvalue weighted by Gasteiger charge is -2.26. The SMILES string of the molecule is C=CCNC(=S)Nc1cc(S(=O)(=O)N2CCOCC2)ccc1Cl. The molecule has 0 bridgehead atoms. The summed E-state index contributed by atoms with van der Waals surface area (Å²) in [5.74, 6) is 0. The number of hydrogen-bond acceptors (Lipinski definition) is 4. The van der Waals surface area contributed by atoms with E-state index in [1.807, 2.05) is 0 Å². The number of rotatable bonds is 5. The molecule has 9 heteroatoms. The van der Waals surface area contributed by atoms with E-state index < -0.39 is 10.0 Å². The van der Waals surface area contributed by atoms with Gasteiger partial charge in [-0.25, -0.2) is 8.42 Å². The van der Waals surface area contributed by atoms with Gasteiger partial charge in [-0.05, 0) is 30.4 Å². The van der Waals surface area contributed by atoms with Crippen molar-refractivity contribution in [2.24, 2.45) is 0 Å². The van der Waals surface area contributed by atoms with Crippen molar-refractivity contribution in [3.63, 3.8) is 0 Å².